The van der Waals surface area contributed by atoms with Gasteiger partial charge in [0.05, 0.1) is 24.2 Å². The highest BCUT2D eigenvalue weighted by molar-refractivity contribution is 7.89. The lowest BCUT2D eigenvalue weighted by atomic mass is 10.1. The molecule has 0 atom stereocenters. The summed E-state index contributed by atoms with van der Waals surface area (Å²) in [5.74, 6) is -0.880. The highest BCUT2D eigenvalue weighted by atomic mass is 32.2. The van der Waals surface area contributed by atoms with Crippen LogP contribution in [0.4, 0.5) is 13.2 Å². The van der Waals surface area contributed by atoms with E-state index in [1.807, 2.05) is 0 Å². The van der Waals surface area contributed by atoms with Crippen molar-refractivity contribution < 1.29 is 31.1 Å². The number of methoxy groups -OCH3 is 1. The number of nitrogens with zero attached hydrogens (tertiary/aromatic N) is 1. The molecule has 30 heavy (non-hydrogen) atoms. The smallest absolute Gasteiger partial charge is 0.426 e. The molecule has 0 aliphatic carbocycles. The van der Waals surface area contributed by atoms with Crippen molar-refractivity contribution in [2.24, 2.45) is 0 Å². The molecular weight excluding hydrogens is 441 g/mol. The summed E-state index contributed by atoms with van der Waals surface area (Å²) in [6.45, 7) is -0.0316. The average Bonchev–Trinajstić information content (AvgIpc) is 3.19. The van der Waals surface area contributed by atoms with Crippen LogP contribution in [0.25, 0.3) is 11.1 Å². The van der Waals surface area contributed by atoms with E-state index >= 15 is 0 Å². The van der Waals surface area contributed by atoms with E-state index in [1.54, 1.807) is 18.2 Å². The fourth-order valence-corrected chi connectivity index (χ4v) is 4.55. The molecule has 0 radical (unpaired) electrons. The van der Waals surface area contributed by atoms with Gasteiger partial charge in [-0.3, -0.25) is 4.98 Å². The number of benzene rings is 1. The van der Waals surface area contributed by atoms with Crippen molar-refractivity contribution in [1.29, 1.82) is 0 Å². The van der Waals surface area contributed by atoms with Gasteiger partial charge in [-0.1, -0.05) is 18.2 Å². The van der Waals surface area contributed by atoms with Crippen LogP contribution >= 0.6 is 11.3 Å². The van der Waals surface area contributed by atoms with Gasteiger partial charge in [0.25, 0.3) is 0 Å². The molecule has 0 saturated heterocycles. The minimum Gasteiger partial charge on any atom is -0.465 e. The van der Waals surface area contributed by atoms with Gasteiger partial charge in [-0.2, -0.15) is 13.2 Å². The van der Waals surface area contributed by atoms with E-state index < -0.39 is 27.0 Å². The monoisotopic (exact) mass is 456 g/mol. The molecule has 3 aromatic rings. The Kier molecular flexibility index (Phi) is 6.25. The van der Waals surface area contributed by atoms with Gasteiger partial charge in [0.15, 0.2) is 0 Å². The number of esters is 1. The number of thiophene rings is 1. The Hall–Kier alpha value is -2.76. The maximum Gasteiger partial charge on any atom is 0.426 e. The van der Waals surface area contributed by atoms with Crippen LogP contribution in [0.5, 0.6) is 0 Å². The zero-order valence-electron chi connectivity index (χ0n) is 15.4. The first kappa shape index (κ1) is 21.9. The molecule has 0 spiro atoms. The summed E-state index contributed by atoms with van der Waals surface area (Å²) in [6, 6.07) is 11.1. The summed E-state index contributed by atoms with van der Waals surface area (Å²) in [7, 11) is -2.82. The van der Waals surface area contributed by atoms with Crippen LogP contribution in [0.1, 0.15) is 20.2 Å². The van der Waals surface area contributed by atoms with Crippen molar-refractivity contribution in [2.45, 2.75) is 17.6 Å². The number of halogens is 3. The first-order chi connectivity index (χ1) is 14.1. The van der Waals surface area contributed by atoms with Crippen LogP contribution < -0.4 is 4.72 Å². The molecular formula is C19H15F3N2O4S2. The van der Waals surface area contributed by atoms with E-state index in [-0.39, 0.29) is 38.8 Å². The quantitative estimate of drug-likeness (QED) is 0.565. The largest absolute Gasteiger partial charge is 0.465 e. The number of carbonyl (C=O) groups excluding carboxylic acids is 1. The summed E-state index contributed by atoms with van der Waals surface area (Å²) in [4.78, 5) is 14.4. The fourth-order valence-electron chi connectivity index (χ4n) is 2.59. The van der Waals surface area contributed by atoms with Gasteiger partial charge in [-0.25, -0.2) is 17.9 Å². The molecule has 2 heterocycles. The maximum atomic E-state index is 13.4. The van der Waals surface area contributed by atoms with Crippen molar-refractivity contribution in [3.8, 4) is 11.1 Å². The summed E-state index contributed by atoms with van der Waals surface area (Å²) in [5.41, 5.74) is 0.414. The number of ether oxygens (including phenoxy) is 1. The highest BCUT2D eigenvalue weighted by Gasteiger charge is 2.37. The summed E-state index contributed by atoms with van der Waals surface area (Å²) in [5, 5.41) is 0. The topological polar surface area (TPSA) is 85.4 Å². The molecule has 11 heteroatoms. The minimum atomic E-state index is -4.68. The molecule has 3 rings (SSSR count). The number of carbonyl (C=O) groups is 1. The van der Waals surface area contributed by atoms with Gasteiger partial charge in [-0.05, 0) is 35.9 Å². The molecule has 0 bridgehead atoms. The summed E-state index contributed by atoms with van der Waals surface area (Å²) >= 11 is 0.272. The van der Waals surface area contributed by atoms with Crippen molar-refractivity contribution in [3.05, 3.63) is 70.2 Å². The number of alkyl halides is 3. The number of nitrogens with one attached hydrogen (secondary N) is 1. The minimum absolute atomic E-state index is 0.0316. The Labute approximate surface area is 174 Å². The van der Waals surface area contributed by atoms with E-state index in [1.165, 1.54) is 30.5 Å². The van der Waals surface area contributed by atoms with E-state index in [0.29, 0.717) is 5.69 Å². The Balaban J connectivity index is 1.88. The number of aromatic nitrogens is 1. The Morgan fingerprint density at radius 1 is 1.17 bits per heavy atom. The molecule has 0 fully saturated rings. The average molecular weight is 456 g/mol. The van der Waals surface area contributed by atoms with Crippen LogP contribution in [-0.4, -0.2) is 26.5 Å². The SMILES string of the molecule is COC(=O)c1cc(-c2ccc(S(=O)(=O)NCc3ccccn3)cc2)c(C(F)(F)F)s1. The lowest BCUT2D eigenvalue weighted by Gasteiger charge is -2.09. The van der Waals surface area contributed by atoms with Crippen molar-refractivity contribution in [1.82, 2.24) is 9.71 Å². The molecule has 0 amide bonds. The molecule has 0 saturated carbocycles. The molecule has 0 aliphatic heterocycles. The number of sulfonamides is 1. The predicted molar refractivity (Wildman–Crippen MR) is 104 cm³/mol. The third kappa shape index (κ3) is 4.86. The Morgan fingerprint density at radius 3 is 2.43 bits per heavy atom. The van der Waals surface area contributed by atoms with Gasteiger partial charge in [0.2, 0.25) is 10.0 Å². The van der Waals surface area contributed by atoms with Crippen LogP contribution in [0.3, 0.4) is 0 Å². The second kappa shape index (κ2) is 8.54. The summed E-state index contributed by atoms with van der Waals surface area (Å²) in [6.07, 6.45) is -3.15. The van der Waals surface area contributed by atoms with Gasteiger partial charge in [0, 0.05) is 11.8 Å². The molecule has 1 N–H and O–H groups in total. The van der Waals surface area contributed by atoms with Gasteiger partial charge >= 0.3 is 12.1 Å². The van der Waals surface area contributed by atoms with E-state index in [0.717, 1.165) is 13.2 Å². The van der Waals surface area contributed by atoms with E-state index in [2.05, 4.69) is 14.4 Å². The van der Waals surface area contributed by atoms with Gasteiger partial charge < -0.3 is 4.74 Å². The Morgan fingerprint density at radius 2 is 1.87 bits per heavy atom. The maximum absolute atomic E-state index is 13.4. The zero-order valence-corrected chi connectivity index (χ0v) is 17.1. The number of hydrogen-bond acceptors (Lipinski definition) is 6. The first-order valence-electron chi connectivity index (χ1n) is 8.41. The zero-order chi connectivity index (χ0) is 21.9. The second-order valence-corrected chi connectivity index (χ2v) is 8.83. The lowest BCUT2D eigenvalue weighted by Crippen LogP contribution is -2.23. The van der Waals surface area contributed by atoms with E-state index in [4.69, 9.17) is 0 Å². The molecule has 1 aromatic carbocycles. The molecule has 6 nitrogen and oxygen atoms in total. The van der Waals surface area contributed by atoms with Crippen molar-refractivity contribution in [3.63, 3.8) is 0 Å². The van der Waals surface area contributed by atoms with Crippen molar-refractivity contribution in [2.75, 3.05) is 7.11 Å². The van der Waals surface area contributed by atoms with E-state index in [9.17, 15) is 26.4 Å². The third-order valence-electron chi connectivity index (χ3n) is 4.02. The molecule has 0 aliphatic rings. The van der Waals surface area contributed by atoms with Crippen LogP contribution in [0, 0.1) is 0 Å². The van der Waals surface area contributed by atoms with Crippen LogP contribution in [-0.2, 0) is 27.5 Å². The molecule has 2 aromatic heterocycles. The molecule has 158 valence electrons. The number of hydrogen-bond donors (Lipinski definition) is 1. The van der Waals surface area contributed by atoms with Crippen LogP contribution in [0.15, 0.2) is 59.6 Å². The third-order valence-corrected chi connectivity index (χ3v) is 6.60. The van der Waals surface area contributed by atoms with Crippen LogP contribution in [0.2, 0.25) is 0 Å². The second-order valence-electron chi connectivity index (χ2n) is 6.01. The number of rotatable bonds is 6. The highest BCUT2D eigenvalue weighted by Crippen LogP contribution is 2.43. The summed E-state index contributed by atoms with van der Waals surface area (Å²) < 4.78 is 71.9. The Bertz CT molecular complexity index is 1140. The first-order valence-corrected chi connectivity index (χ1v) is 10.7. The molecule has 0 unspecified atom stereocenters. The number of pyridine rings is 1. The fraction of sp³-hybridized carbons (Fsp3) is 0.158. The van der Waals surface area contributed by atoms with Gasteiger partial charge in [0.1, 0.15) is 9.75 Å². The standard InChI is InChI=1S/C19H15F3N2O4S2/c1-28-18(25)16-10-15(17(29-16)19(20,21)22)12-5-7-14(8-6-12)30(26,27)24-11-13-4-2-3-9-23-13/h2-10,24H,11H2,1H3. The lowest BCUT2D eigenvalue weighted by molar-refractivity contribution is -0.133. The normalized spacial score (nSPS) is 12.0. The van der Waals surface area contributed by atoms with Crippen molar-refractivity contribution >= 4 is 27.3 Å². The van der Waals surface area contributed by atoms with Gasteiger partial charge in [-0.15, -0.1) is 11.3 Å². The predicted octanol–water partition coefficient (Wildman–Crippen LogP) is 4.09.